The molecule has 4 unspecified atom stereocenters. The van der Waals surface area contributed by atoms with Crippen LogP contribution in [0.1, 0.15) is 77.2 Å². The number of aliphatic hydroxyl groups excluding tert-OH is 1. The van der Waals surface area contributed by atoms with Crippen LogP contribution in [0.3, 0.4) is 0 Å². The maximum atomic E-state index is 9.87. The summed E-state index contributed by atoms with van der Waals surface area (Å²) < 4.78 is 0. The lowest BCUT2D eigenvalue weighted by Gasteiger charge is -2.60. The van der Waals surface area contributed by atoms with Crippen LogP contribution in [-0.2, 0) is 6.54 Å². The summed E-state index contributed by atoms with van der Waals surface area (Å²) in [6.45, 7) is 6.81. The molecule has 218 valence electrons. The molecule has 4 bridgehead atoms. The summed E-state index contributed by atoms with van der Waals surface area (Å²) in [6.07, 6.45) is 16.4. The molecule has 0 saturated heterocycles. The molecule has 0 spiro atoms. The van der Waals surface area contributed by atoms with Gasteiger partial charge in [0.05, 0.1) is 17.8 Å². The number of hydrogen-bond acceptors (Lipinski definition) is 8. The number of nitrogens with zero attached hydrogens (tertiary/aromatic N) is 3. The summed E-state index contributed by atoms with van der Waals surface area (Å²) in [6, 6.07) is 7.08. The Kier molecular flexibility index (Phi) is 9.89. The van der Waals surface area contributed by atoms with Gasteiger partial charge in [-0.05, 0) is 125 Å². The number of thioether (sulfide) groups is 1. The molecular weight excluding hydrogens is 516 g/mol. The van der Waals surface area contributed by atoms with Gasteiger partial charge in [0.1, 0.15) is 11.1 Å². The highest BCUT2D eigenvalue weighted by Crippen LogP contribution is 2.59. The standard InChI is InChI=1S/C32H48N6OS/c1-21(28(16-33)19-36-22(2)35-18-25-5-4-10-34-31(25)40-3)38-20-32-13-24-11-26(14-32)30(27(12-24)15-32)37-17-23-6-8-29(39)9-7-23/h4-5,10,19,22-24,26-27,29-30,35,37-39H,6-9,11-15,17-18,20H2,1-3H3/b28-21+,36-19?/t22?,23?,24?,26-,27+,29?,30?,32?. The van der Waals surface area contributed by atoms with Crippen LogP contribution in [0.4, 0.5) is 0 Å². The number of aromatic nitrogens is 1. The summed E-state index contributed by atoms with van der Waals surface area (Å²) in [7, 11) is 0. The van der Waals surface area contributed by atoms with E-state index in [1.807, 2.05) is 32.4 Å². The molecule has 5 aliphatic carbocycles. The number of hydrogen-bond donors (Lipinski definition) is 4. The van der Waals surface area contributed by atoms with E-state index >= 15 is 0 Å². The van der Waals surface area contributed by atoms with Crippen molar-refractivity contribution in [3.05, 3.63) is 35.2 Å². The van der Waals surface area contributed by atoms with Crippen molar-refractivity contribution in [3.63, 3.8) is 0 Å². The van der Waals surface area contributed by atoms with Crippen LogP contribution in [0.25, 0.3) is 0 Å². The number of allylic oxidation sites excluding steroid dienone is 2. The largest absolute Gasteiger partial charge is 0.393 e. The van der Waals surface area contributed by atoms with Gasteiger partial charge in [-0.25, -0.2) is 4.98 Å². The van der Waals surface area contributed by atoms with Gasteiger partial charge >= 0.3 is 0 Å². The van der Waals surface area contributed by atoms with Gasteiger partial charge in [-0.3, -0.25) is 10.3 Å². The van der Waals surface area contributed by atoms with Crippen molar-refractivity contribution in [2.45, 2.75) is 102 Å². The van der Waals surface area contributed by atoms with E-state index in [2.05, 4.69) is 38.1 Å². The molecule has 5 fully saturated rings. The maximum Gasteiger partial charge on any atom is 0.103 e. The second kappa shape index (κ2) is 13.4. The molecule has 1 aromatic rings. The van der Waals surface area contributed by atoms with E-state index in [1.54, 1.807) is 18.0 Å². The molecule has 0 aromatic carbocycles. The predicted molar refractivity (Wildman–Crippen MR) is 163 cm³/mol. The molecule has 6 atom stereocenters. The third-order valence-electron chi connectivity index (χ3n) is 10.2. The lowest BCUT2D eigenvalue weighted by atomic mass is 9.48. The lowest BCUT2D eigenvalue weighted by molar-refractivity contribution is -0.0752. The Morgan fingerprint density at radius 2 is 2.00 bits per heavy atom. The smallest absolute Gasteiger partial charge is 0.103 e. The first-order valence-corrected chi connectivity index (χ1v) is 16.6. The second-order valence-corrected chi connectivity index (χ2v) is 13.9. The molecule has 8 heteroatoms. The molecule has 7 nitrogen and oxygen atoms in total. The van der Waals surface area contributed by atoms with Crippen LogP contribution in [0.2, 0.25) is 0 Å². The van der Waals surface area contributed by atoms with Gasteiger partial charge in [0.15, 0.2) is 0 Å². The Morgan fingerprint density at radius 1 is 1.25 bits per heavy atom. The SMILES string of the molecule is CSc1ncccc1CNC(C)N=C/C(C#N)=C(\C)NCC12CC3C[C@H](C1)C(NCC1CCC(O)CC1)[C@@H](C3)C2. The molecule has 0 aliphatic heterocycles. The molecule has 1 aromatic heterocycles. The van der Waals surface area contributed by atoms with Crippen molar-refractivity contribution in [2.75, 3.05) is 19.3 Å². The third-order valence-corrected chi connectivity index (χ3v) is 10.9. The van der Waals surface area contributed by atoms with E-state index in [1.165, 1.54) is 44.9 Å². The van der Waals surface area contributed by atoms with Crippen LogP contribution >= 0.6 is 11.8 Å². The van der Waals surface area contributed by atoms with Crippen LogP contribution in [0.5, 0.6) is 0 Å². The van der Waals surface area contributed by atoms with Crippen LogP contribution in [0.15, 0.2) is 39.6 Å². The van der Waals surface area contributed by atoms with Crippen molar-refractivity contribution < 1.29 is 5.11 Å². The molecule has 6 rings (SSSR count). The summed E-state index contributed by atoms with van der Waals surface area (Å²) in [5, 5.41) is 31.9. The van der Waals surface area contributed by atoms with E-state index in [4.69, 9.17) is 0 Å². The Balaban J connectivity index is 1.13. The summed E-state index contributed by atoms with van der Waals surface area (Å²) in [5.74, 6) is 3.15. The zero-order valence-corrected chi connectivity index (χ0v) is 25.3. The van der Waals surface area contributed by atoms with Crippen LogP contribution in [0, 0.1) is 40.4 Å². The Bertz CT molecular complexity index is 1090. The van der Waals surface area contributed by atoms with E-state index in [0.29, 0.717) is 23.6 Å². The molecule has 5 saturated carbocycles. The van der Waals surface area contributed by atoms with Gasteiger partial charge in [0, 0.05) is 37.2 Å². The average molecular weight is 565 g/mol. The lowest BCUT2D eigenvalue weighted by Crippen LogP contribution is -2.60. The molecule has 5 aliphatic rings. The van der Waals surface area contributed by atoms with Crippen molar-refractivity contribution in [1.82, 2.24) is 20.9 Å². The van der Waals surface area contributed by atoms with Crippen molar-refractivity contribution in [2.24, 2.45) is 34.1 Å². The van der Waals surface area contributed by atoms with Gasteiger partial charge in [-0.2, -0.15) is 5.26 Å². The second-order valence-electron chi connectivity index (χ2n) is 13.1. The Labute approximate surface area is 245 Å². The van der Waals surface area contributed by atoms with Gasteiger partial charge in [-0.1, -0.05) is 6.07 Å². The van der Waals surface area contributed by atoms with E-state index < -0.39 is 0 Å². The highest BCUT2D eigenvalue weighted by atomic mass is 32.2. The van der Waals surface area contributed by atoms with Crippen LogP contribution < -0.4 is 16.0 Å². The molecule has 4 N–H and O–H groups in total. The quantitative estimate of drug-likeness (QED) is 0.160. The fourth-order valence-corrected chi connectivity index (χ4v) is 8.83. The number of aliphatic hydroxyl groups is 1. The first-order valence-electron chi connectivity index (χ1n) is 15.4. The van der Waals surface area contributed by atoms with Gasteiger partial charge in [0.25, 0.3) is 0 Å². The molecule has 0 radical (unpaired) electrons. The molecule has 40 heavy (non-hydrogen) atoms. The fraction of sp³-hybridized carbons (Fsp3) is 0.719. The number of rotatable bonds is 12. The monoisotopic (exact) mass is 564 g/mol. The highest BCUT2D eigenvalue weighted by Gasteiger charge is 2.55. The summed E-state index contributed by atoms with van der Waals surface area (Å²) >= 11 is 1.65. The average Bonchev–Trinajstić information content (AvgIpc) is 2.95. The van der Waals surface area contributed by atoms with Gasteiger partial charge in [0.2, 0.25) is 0 Å². The van der Waals surface area contributed by atoms with E-state index in [0.717, 1.165) is 65.9 Å². The predicted octanol–water partition coefficient (Wildman–Crippen LogP) is 5.03. The first kappa shape index (κ1) is 29.6. The minimum atomic E-state index is -0.0997. The normalized spacial score (nSPS) is 34.5. The van der Waals surface area contributed by atoms with E-state index in [9.17, 15) is 10.4 Å². The highest BCUT2D eigenvalue weighted by molar-refractivity contribution is 7.98. The Hall–Kier alpha value is -1.92. The fourth-order valence-electron chi connectivity index (χ4n) is 8.26. The van der Waals surface area contributed by atoms with E-state index in [-0.39, 0.29) is 12.3 Å². The summed E-state index contributed by atoms with van der Waals surface area (Å²) in [4.78, 5) is 9.05. The van der Waals surface area contributed by atoms with Crippen molar-refractivity contribution in [3.8, 4) is 6.07 Å². The van der Waals surface area contributed by atoms with Crippen molar-refractivity contribution >= 4 is 18.0 Å². The summed E-state index contributed by atoms with van der Waals surface area (Å²) in [5.41, 5.74) is 3.06. The first-order chi connectivity index (χ1) is 19.4. The number of nitriles is 1. The van der Waals surface area contributed by atoms with Crippen LogP contribution in [-0.4, -0.2) is 54.0 Å². The number of nitrogens with one attached hydrogen (secondary N) is 3. The Morgan fingerprint density at radius 3 is 2.70 bits per heavy atom. The van der Waals surface area contributed by atoms with Gasteiger partial charge < -0.3 is 15.7 Å². The minimum absolute atomic E-state index is 0.0686. The molecule has 1 heterocycles. The topological polar surface area (TPSA) is 105 Å². The third kappa shape index (κ3) is 7.10. The molecular formula is C32H48N6OS. The minimum Gasteiger partial charge on any atom is -0.393 e. The number of pyridine rings is 1. The van der Waals surface area contributed by atoms with Gasteiger partial charge in [-0.15, -0.1) is 11.8 Å². The van der Waals surface area contributed by atoms with Crippen molar-refractivity contribution in [1.29, 1.82) is 5.26 Å². The molecule has 0 amide bonds. The number of aliphatic imine (C=N–C) groups is 1. The zero-order chi connectivity index (χ0) is 28.1. The zero-order valence-electron chi connectivity index (χ0n) is 24.5. The maximum absolute atomic E-state index is 9.87.